The monoisotopic (exact) mass is 273 g/mol. The molecule has 0 unspecified atom stereocenters. The normalized spacial score (nSPS) is 11.2. The Kier molecular flexibility index (Phi) is 9.16. The van der Waals surface area contributed by atoms with Crippen LogP contribution in [0, 0.1) is 0 Å². The van der Waals surface area contributed by atoms with Gasteiger partial charge in [-0.1, -0.05) is 0 Å². The van der Waals surface area contributed by atoms with Crippen LogP contribution in [0.4, 0.5) is 0 Å². The van der Waals surface area contributed by atoms with Gasteiger partial charge in [-0.25, -0.2) is 0 Å². The van der Waals surface area contributed by atoms with Gasteiger partial charge in [0.05, 0.1) is 6.61 Å². The Hall–Kier alpha value is -1.14. The molecule has 0 aromatic carbocycles. The van der Waals surface area contributed by atoms with E-state index in [0.29, 0.717) is 39.1 Å². The van der Waals surface area contributed by atoms with E-state index >= 15 is 0 Å². The first-order valence-electron chi connectivity index (χ1n) is 6.62. The molecule has 0 aliphatic rings. The molecule has 0 aromatic heterocycles. The van der Waals surface area contributed by atoms with E-state index in [4.69, 9.17) is 4.74 Å². The maximum absolute atomic E-state index is 11.5. The summed E-state index contributed by atoms with van der Waals surface area (Å²) in [6.07, 6.45) is 0.713. The second kappa shape index (κ2) is 9.75. The summed E-state index contributed by atoms with van der Waals surface area (Å²) in [5.74, 6) is -0.119. The maximum atomic E-state index is 11.5. The van der Waals surface area contributed by atoms with Crippen LogP contribution in [0.3, 0.4) is 0 Å². The highest BCUT2D eigenvalue weighted by atomic mass is 16.5. The highest BCUT2D eigenvalue weighted by Crippen LogP contribution is 1.97. The number of amides is 2. The first-order valence-corrected chi connectivity index (χ1v) is 6.62. The van der Waals surface area contributed by atoms with Crippen molar-refractivity contribution in [3.63, 3.8) is 0 Å². The second-order valence-corrected chi connectivity index (χ2v) is 5.37. The molecule has 0 atom stereocenters. The van der Waals surface area contributed by atoms with Crippen LogP contribution in [-0.4, -0.2) is 50.7 Å². The minimum atomic E-state index is -0.0785. The summed E-state index contributed by atoms with van der Waals surface area (Å²) in [6, 6.07) is 0. The van der Waals surface area contributed by atoms with E-state index in [9.17, 15) is 9.59 Å². The first-order chi connectivity index (χ1) is 8.85. The maximum Gasteiger partial charge on any atom is 0.221 e. The van der Waals surface area contributed by atoms with Gasteiger partial charge in [-0.2, -0.15) is 0 Å². The molecule has 6 heteroatoms. The topological polar surface area (TPSA) is 79.5 Å². The molecule has 0 saturated carbocycles. The summed E-state index contributed by atoms with van der Waals surface area (Å²) in [7, 11) is 1.58. The summed E-state index contributed by atoms with van der Waals surface area (Å²) < 4.78 is 4.82. The number of hydrogen-bond acceptors (Lipinski definition) is 4. The zero-order valence-electron chi connectivity index (χ0n) is 12.5. The Balaban J connectivity index is 3.50. The lowest BCUT2D eigenvalue weighted by Crippen LogP contribution is -2.39. The molecule has 0 aliphatic carbocycles. The molecule has 0 spiro atoms. The zero-order chi connectivity index (χ0) is 14.7. The van der Waals surface area contributed by atoms with Crippen molar-refractivity contribution in [2.24, 2.45) is 0 Å². The summed E-state index contributed by atoms with van der Waals surface area (Å²) in [6.45, 7) is 8.15. The molecular formula is C13H27N3O3. The third-order valence-electron chi connectivity index (χ3n) is 2.31. The fourth-order valence-electron chi connectivity index (χ4n) is 1.34. The molecule has 0 rings (SSSR count). The van der Waals surface area contributed by atoms with Crippen molar-refractivity contribution in [2.75, 3.05) is 33.4 Å². The van der Waals surface area contributed by atoms with Crippen molar-refractivity contribution in [1.29, 1.82) is 0 Å². The van der Waals surface area contributed by atoms with E-state index in [1.807, 2.05) is 0 Å². The van der Waals surface area contributed by atoms with Crippen molar-refractivity contribution in [3.8, 4) is 0 Å². The molecule has 0 radical (unpaired) electrons. The predicted molar refractivity (Wildman–Crippen MR) is 74.9 cm³/mol. The fourth-order valence-corrected chi connectivity index (χ4v) is 1.34. The average molecular weight is 273 g/mol. The Morgan fingerprint density at radius 2 is 1.47 bits per heavy atom. The number of nitrogens with one attached hydrogen (secondary N) is 3. The zero-order valence-corrected chi connectivity index (χ0v) is 12.5. The number of rotatable bonds is 9. The van der Waals surface area contributed by atoms with Gasteiger partial charge in [-0.05, 0) is 20.8 Å². The number of carbonyl (C=O) groups is 2. The first kappa shape index (κ1) is 17.9. The van der Waals surface area contributed by atoms with Crippen LogP contribution < -0.4 is 16.0 Å². The van der Waals surface area contributed by atoms with E-state index in [1.165, 1.54) is 0 Å². The molecule has 3 N–H and O–H groups in total. The standard InChI is InChI=1S/C13H27N3O3/c1-13(2,3)16-8-6-12(18)14-7-5-11(17)15-9-10-19-4/h16H,5-10H2,1-4H3,(H,14,18)(H,15,17). The van der Waals surface area contributed by atoms with E-state index in [-0.39, 0.29) is 17.4 Å². The molecule has 0 fully saturated rings. The van der Waals surface area contributed by atoms with Crippen LogP contribution in [-0.2, 0) is 14.3 Å². The van der Waals surface area contributed by atoms with Crippen LogP contribution in [0.15, 0.2) is 0 Å². The summed E-state index contributed by atoms with van der Waals surface area (Å²) in [4.78, 5) is 22.8. The van der Waals surface area contributed by atoms with Crippen molar-refractivity contribution >= 4 is 11.8 Å². The van der Waals surface area contributed by atoms with Gasteiger partial charge < -0.3 is 20.7 Å². The number of ether oxygens (including phenoxy) is 1. The van der Waals surface area contributed by atoms with Crippen molar-refractivity contribution in [1.82, 2.24) is 16.0 Å². The molecule has 6 nitrogen and oxygen atoms in total. The number of hydrogen-bond donors (Lipinski definition) is 3. The van der Waals surface area contributed by atoms with Crippen LogP contribution in [0.2, 0.25) is 0 Å². The highest BCUT2D eigenvalue weighted by molar-refractivity contribution is 5.79. The number of methoxy groups -OCH3 is 1. The summed E-state index contributed by atoms with van der Waals surface area (Å²) in [5.41, 5.74) is 0.0154. The van der Waals surface area contributed by atoms with Gasteiger partial charge in [-0.3, -0.25) is 9.59 Å². The molecule has 19 heavy (non-hydrogen) atoms. The lowest BCUT2D eigenvalue weighted by Gasteiger charge is -2.20. The lowest BCUT2D eigenvalue weighted by molar-refractivity contribution is -0.122. The Morgan fingerprint density at radius 1 is 0.947 bits per heavy atom. The summed E-state index contributed by atoms with van der Waals surface area (Å²) in [5, 5.41) is 8.64. The molecular weight excluding hydrogens is 246 g/mol. The summed E-state index contributed by atoms with van der Waals surface area (Å²) >= 11 is 0. The molecule has 2 amide bonds. The Morgan fingerprint density at radius 3 is 2.00 bits per heavy atom. The van der Waals surface area contributed by atoms with Gasteiger partial charge in [0, 0.05) is 45.1 Å². The highest BCUT2D eigenvalue weighted by Gasteiger charge is 2.09. The SMILES string of the molecule is COCCNC(=O)CCNC(=O)CCNC(C)(C)C. The molecule has 0 aromatic rings. The van der Waals surface area contributed by atoms with Crippen LogP contribution in [0.1, 0.15) is 33.6 Å². The Bertz CT molecular complexity index is 275. The molecule has 0 bridgehead atoms. The quantitative estimate of drug-likeness (QED) is 0.518. The van der Waals surface area contributed by atoms with Crippen LogP contribution in [0.25, 0.3) is 0 Å². The lowest BCUT2D eigenvalue weighted by atomic mass is 10.1. The molecule has 0 aliphatic heterocycles. The number of carbonyl (C=O) groups excluding carboxylic acids is 2. The van der Waals surface area contributed by atoms with Crippen LogP contribution in [0.5, 0.6) is 0 Å². The Labute approximate surface area is 115 Å². The van der Waals surface area contributed by atoms with Gasteiger partial charge in [0.15, 0.2) is 0 Å². The van der Waals surface area contributed by atoms with E-state index in [1.54, 1.807) is 7.11 Å². The van der Waals surface area contributed by atoms with Gasteiger partial charge in [-0.15, -0.1) is 0 Å². The molecule has 0 saturated heterocycles. The average Bonchev–Trinajstić information content (AvgIpc) is 2.27. The van der Waals surface area contributed by atoms with Crippen molar-refractivity contribution < 1.29 is 14.3 Å². The van der Waals surface area contributed by atoms with E-state index in [0.717, 1.165) is 0 Å². The minimum absolute atomic E-state index is 0.0154. The molecule has 112 valence electrons. The minimum Gasteiger partial charge on any atom is -0.383 e. The van der Waals surface area contributed by atoms with Gasteiger partial charge in [0.1, 0.15) is 0 Å². The van der Waals surface area contributed by atoms with Crippen molar-refractivity contribution in [2.45, 2.75) is 39.2 Å². The third kappa shape index (κ3) is 13.1. The smallest absolute Gasteiger partial charge is 0.221 e. The van der Waals surface area contributed by atoms with Gasteiger partial charge >= 0.3 is 0 Å². The van der Waals surface area contributed by atoms with E-state index in [2.05, 4.69) is 36.7 Å². The van der Waals surface area contributed by atoms with Gasteiger partial charge in [0.2, 0.25) is 11.8 Å². The molecule has 0 heterocycles. The van der Waals surface area contributed by atoms with Crippen molar-refractivity contribution in [3.05, 3.63) is 0 Å². The largest absolute Gasteiger partial charge is 0.383 e. The fraction of sp³-hybridized carbons (Fsp3) is 0.846. The van der Waals surface area contributed by atoms with Gasteiger partial charge in [0.25, 0.3) is 0 Å². The van der Waals surface area contributed by atoms with E-state index < -0.39 is 0 Å². The predicted octanol–water partition coefficient (Wildman–Crippen LogP) is 0.0335. The van der Waals surface area contributed by atoms with Crippen LogP contribution >= 0.6 is 0 Å². The third-order valence-corrected chi connectivity index (χ3v) is 2.31. The second-order valence-electron chi connectivity index (χ2n) is 5.37.